The van der Waals surface area contributed by atoms with Crippen molar-refractivity contribution < 1.29 is 14.3 Å². The molecule has 184 valence electrons. The highest BCUT2D eigenvalue weighted by Crippen LogP contribution is 2.33. The van der Waals surface area contributed by atoms with Gasteiger partial charge in [-0.1, -0.05) is 56.7 Å². The van der Waals surface area contributed by atoms with Gasteiger partial charge in [0.25, 0.3) is 5.56 Å². The highest BCUT2D eigenvalue weighted by Gasteiger charge is 2.34. The van der Waals surface area contributed by atoms with Gasteiger partial charge < -0.3 is 9.47 Å². The first-order valence-electron chi connectivity index (χ1n) is 11.8. The van der Waals surface area contributed by atoms with Crippen molar-refractivity contribution in [1.29, 1.82) is 0 Å². The van der Waals surface area contributed by atoms with Crippen LogP contribution in [-0.4, -0.2) is 23.8 Å². The zero-order valence-electron chi connectivity index (χ0n) is 20.4. The van der Waals surface area contributed by atoms with Gasteiger partial charge >= 0.3 is 5.97 Å². The standard InChI is InChI=1S/C27H30N2O4S2/c1-5-6-13-32-20-11-9-19(10-12-20)15-22-25(30)29-24(21-8-7-14-34-21)23(18(4)28-27(29)35-22)26(31)33-16-17(2)3/h7-12,14-15,17,24H,5-6,13,16H2,1-4H3/b22-15+/t24-/m0/s1. The highest BCUT2D eigenvalue weighted by atomic mass is 32.1. The number of benzene rings is 1. The van der Waals surface area contributed by atoms with E-state index < -0.39 is 12.0 Å². The number of ether oxygens (including phenoxy) is 2. The number of nitrogens with zero attached hydrogens (tertiary/aromatic N) is 2. The number of carbonyl (C=O) groups is 1. The second-order valence-corrected chi connectivity index (χ2v) is 10.8. The van der Waals surface area contributed by atoms with Crippen molar-refractivity contribution in [3.63, 3.8) is 0 Å². The van der Waals surface area contributed by atoms with E-state index in [1.165, 1.54) is 22.7 Å². The van der Waals surface area contributed by atoms with Gasteiger partial charge in [0.05, 0.1) is 29.0 Å². The van der Waals surface area contributed by atoms with Gasteiger partial charge in [-0.25, -0.2) is 9.79 Å². The van der Waals surface area contributed by atoms with E-state index in [0.29, 0.717) is 33.8 Å². The zero-order valence-corrected chi connectivity index (χ0v) is 22.1. The van der Waals surface area contributed by atoms with Crippen molar-refractivity contribution in [2.24, 2.45) is 10.9 Å². The van der Waals surface area contributed by atoms with Crippen molar-refractivity contribution in [3.05, 3.63) is 83.2 Å². The average molecular weight is 511 g/mol. The van der Waals surface area contributed by atoms with Crippen LogP contribution in [0.1, 0.15) is 57.0 Å². The average Bonchev–Trinajstić information content (AvgIpc) is 3.47. The summed E-state index contributed by atoms with van der Waals surface area (Å²) in [4.78, 5) is 32.8. The topological polar surface area (TPSA) is 69.9 Å². The highest BCUT2D eigenvalue weighted by molar-refractivity contribution is 7.10. The molecule has 0 saturated heterocycles. The molecule has 0 saturated carbocycles. The van der Waals surface area contributed by atoms with E-state index in [2.05, 4.69) is 11.9 Å². The van der Waals surface area contributed by atoms with Crippen molar-refractivity contribution in [2.45, 2.75) is 46.6 Å². The SMILES string of the molecule is CCCCOc1ccc(/C=c2/sc3n(c2=O)[C@@H](c2cccs2)C(C(=O)OCC(C)C)=C(C)N=3)cc1. The molecule has 1 atom stereocenters. The number of fused-ring (bicyclic) bond motifs is 1. The lowest BCUT2D eigenvalue weighted by molar-refractivity contribution is -0.140. The Balaban J connectivity index is 1.73. The summed E-state index contributed by atoms with van der Waals surface area (Å²) in [5.41, 5.74) is 1.73. The number of thiophene rings is 1. The fourth-order valence-corrected chi connectivity index (χ4v) is 5.63. The van der Waals surface area contributed by atoms with Crippen LogP contribution < -0.4 is 19.6 Å². The van der Waals surface area contributed by atoms with Crippen LogP contribution in [0.3, 0.4) is 0 Å². The molecule has 1 aliphatic heterocycles. The summed E-state index contributed by atoms with van der Waals surface area (Å²) in [6, 6.07) is 11.0. The van der Waals surface area contributed by atoms with Crippen molar-refractivity contribution in [3.8, 4) is 5.75 Å². The molecular weight excluding hydrogens is 480 g/mol. The molecule has 0 radical (unpaired) electrons. The number of esters is 1. The van der Waals surface area contributed by atoms with Crippen molar-refractivity contribution in [2.75, 3.05) is 13.2 Å². The number of hydrogen-bond donors (Lipinski definition) is 0. The predicted molar refractivity (Wildman–Crippen MR) is 141 cm³/mol. The maximum atomic E-state index is 13.6. The van der Waals surface area contributed by atoms with Gasteiger partial charge in [0.2, 0.25) is 0 Å². The van der Waals surface area contributed by atoms with Gasteiger partial charge in [0.1, 0.15) is 11.8 Å². The molecule has 0 aliphatic carbocycles. The van der Waals surface area contributed by atoms with Crippen LogP contribution in [-0.2, 0) is 9.53 Å². The number of unbranched alkanes of at least 4 members (excludes halogenated alkanes) is 1. The molecule has 0 bridgehead atoms. The molecule has 35 heavy (non-hydrogen) atoms. The lowest BCUT2D eigenvalue weighted by atomic mass is 10.0. The summed E-state index contributed by atoms with van der Waals surface area (Å²) in [5.74, 6) is 0.603. The fourth-order valence-electron chi connectivity index (χ4n) is 3.76. The van der Waals surface area contributed by atoms with Gasteiger partial charge in [-0.2, -0.15) is 0 Å². The summed E-state index contributed by atoms with van der Waals surface area (Å²) in [5, 5.41) is 1.95. The van der Waals surface area contributed by atoms with Gasteiger partial charge in [0.15, 0.2) is 4.80 Å². The molecule has 3 aromatic rings. The van der Waals surface area contributed by atoms with Crippen LogP contribution in [0.15, 0.2) is 62.8 Å². The number of rotatable bonds is 9. The molecule has 1 aromatic carbocycles. The lowest BCUT2D eigenvalue weighted by Crippen LogP contribution is -2.39. The van der Waals surface area contributed by atoms with Gasteiger partial charge in [0, 0.05) is 4.88 Å². The number of hydrogen-bond acceptors (Lipinski definition) is 7. The van der Waals surface area contributed by atoms with Crippen molar-refractivity contribution >= 4 is 34.7 Å². The Kier molecular flexibility index (Phi) is 8.03. The Bertz CT molecular complexity index is 1380. The zero-order chi connectivity index (χ0) is 24.9. The van der Waals surface area contributed by atoms with E-state index in [0.717, 1.165) is 29.0 Å². The number of aromatic nitrogens is 1. The van der Waals surface area contributed by atoms with E-state index in [1.807, 2.05) is 61.7 Å². The van der Waals surface area contributed by atoms with E-state index in [-0.39, 0.29) is 11.5 Å². The molecular formula is C27H30N2O4S2. The first-order valence-corrected chi connectivity index (χ1v) is 13.5. The van der Waals surface area contributed by atoms with E-state index in [1.54, 1.807) is 11.5 Å². The van der Waals surface area contributed by atoms with Crippen LogP contribution in [0.5, 0.6) is 5.75 Å². The van der Waals surface area contributed by atoms with Crippen LogP contribution in [0, 0.1) is 5.92 Å². The monoisotopic (exact) mass is 510 g/mol. The first-order chi connectivity index (χ1) is 16.9. The minimum absolute atomic E-state index is 0.169. The molecule has 0 fully saturated rings. The molecule has 4 rings (SSSR count). The van der Waals surface area contributed by atoms with Gasteiger partial charge in [-0.15, -0.1) is 11.3 Å². The summed E-state index contributed by atoms with van der Waals surface area (Å²) in [6.07, 6.45) is 3.96. The largest absolute Gasteiger partial charge is 0.494 e. The molecule has 0 unspecified atom stereocenters. The van der Waals surface area contributed by atoms with Crippen LogP contribution in [0.25, 0.3) is 6.08 Å². The molecule has 0 spiro atoms. The summed E-state index contributed by atoms with van der Waals surface area (Å²) in [6.45, 7) is 8.92. The third-order valence-electron chi connectivity index (χ3n) is 5.55. The van der Waals surface area contributed by atoms with Crippen LogP contribution in [0.2, 0.25) is 0 Å². The minimum Gasteiger partial charge on any atom is -0.494 e. The third kappa shape index (κ3) is 5.65. The maximum absolute atomic E-state index is 13.6. The first kappa shape index (κ1) is 25.1. The number of allylic oxidation sites excluding steroid dienone is 1. The molecule has 0 N–H and O–H groups in total. The number of thiazole rings is 1. The molecule has 8 heteroatoms. The van der Waals surface area contributed by atoms with E-state index >= 15 is 0 Å². The smallest absolute Gasteiger partial charge is 0.338 e. The van der Waals surface area contributed by atoms with Crippen LogP contribution in [0.4, 0.5) is 0 Å². The summed E-state index contributed by atoms with van der Waals surface area (Å²) in [7, 11) is 0. The molecule has 0 amide bonds. The molecule has 2 aromatic heterocycles. The normalized spacial score (nSPS) is 15.8. The Hall–Kier alpha value is -2.97. The van der Waals surface area contributed by atoms with Gasteiger partial charge in [-0.05, 0) is 54.5 Å². The summed E-state index contributed by atoms with van der Waals surface area (Å²) < 4.78 is 13.5. The Labute approximate surface area is 212 Å². The Morgan fingerprint density at radius 3 is 2.66 bits per heavy atom. The van der Waals surface area contributed by atoms with Crippen LogP contribution >= 0.6 is 22.7 Å². The fraction of sp³-hybridized carbons (Fsp3) is 0.370. The second-order valence-electron chi connectivity index (χ2n) is 8.86. The number of carbonyl (C=O) groups excluding carboxylic acids is 1. The Morgan fingerprint density at radius 1 is 1.23 bits per heavy atom. The van der Waals surface area contributed by atoms with E-state index in [9.17, 15) is 9.59 Å². The maximum Gasteiger partial charge on any atom is 0.338 e. The predicted octanol–water partition coefficient (Wildman–Crippen LogP) is 4.67. The second kappa shape index (κ2) is 11.2. The molecule has 1 aliphatic rings. The molecule has 3 heterocycles. The quantitative estimate of drug-likeness (QED) is 0.310. The lowest BCUT2D eigenvalue weighted by Gasteiger charge is -2.23. The molecule has 6 nitrogen and oxygen atoms in total. The minimum atomic E-state index is -0.553. The van der Waals surface area contributed by atoms with E-state index in [4.69, 9.17) is 9.47 Å². The third-order valence-corrected chi connectivity index (χ3v) is 7.45. The van der Waals surface area contributed by atoms with Crippen molar-refractivity contribution in [1.82, 2.24) is 4.57 Å². The Morgan fingerprint density at radius 2 is 2.00 bits per heavy atom. The van der Waals surface area contributed by atoms with Gasteiger partial charge in [-0.3, -0.25) is 9.36 Å². The summed E-state index contributed by atoms with van der Waals surface area (Å²) >= 11 is 2.84.